The van der Waals surface area contributed by atoms with Crippen molar-refractivity contribution in [2.75, 3.05) is 13.1 Å². The summed E-state index contributed by atoms with van der Waals surface area (Å²) in [5.74, 6) is 1.02. The van der Waals surface area contributed by atoms with Gasteiger partial charge in [-0.3, -0.25) is 14.4 Å². The van der Waals surface area contributed by atoms with E-state index < -0.39 is 0 Å². The van der Waals surface area contributed by atoms with E-state index in [1.807, 2.05) is 23.1 Å². The molecule has 2 N–H and O–H groups in total. The van der Waals surface area contributed by atoms with Gasteiger partial charge in [-0.25, -0.2) is 4.98 Å². The quantitative estimate of drug-likeness (QED) is 0.827. The van der Waals surface area contributed by atoms with Gasteiger partial charge in [-0.2, -0.15) is 0 Å². The number of benzene rings is 1. The molecule has 1 aliphatic carbocycles. The van der Waals surface area contributed by atoms with E-state index in [0.29, 0.717) is 36.8 Å². The average molecular weight is 378 g/mol. The van der Waals surface area contributed by atoms with Gasteiger partial charge in [0, 0.05) is 30.1 Å². The minimum atomic E-state index is -0.269. The van der Waals surface area contributed by atoms with Gasteiger partial charge in [0.2, 0.25) is 5.91 Å². The van der Waals surface area contributed by atoms with Gasteiger partial charge in [-0.15, -0.1) is 0 Å². The van der Waals surface area contributed by atoms with Crippen LogP contribution in [0.25, 0.3) is 0 Å². The Labute approximate surface area is 162 Å². The van der Waals surface area contributed by atoms with E-state index in [-0.39, 0.29) is 35.8 Å². The predicted octanol–water partition coefficient (Wildman–Crippen LogP) is 1.44. The second-order valence-corrected chi connectivity index (χ2v) is 8.04. The predicted molar refractivity (Wildman–Crippen MR) is 102 cm³/mol. The molecule has 2 aromatic rings. The minimum Gasteiger partial charge on any atom is -0.345 e. The summed E-state index contributed by atoms with van der Waals surface area (Å²) in [7, 11) is 0. The summed E-state index contributed by atoms with van der Waals surface area (Å²) in [6.07, 6.45) is 1.88. The van der Waals surface area contributed by atoms with Crippen molar-refractivity contribution in [2.45, 2.75) is 38.1 Å². The maximum absolute atomic E-state index is 13.0. The molecule has 28 heavy (non-hydrogen) atoms. The molecule has 0 unspecified atom stereocenters. The smallest absolute Gasteiger partial charge is 0.254 e. The molecule has 3 atom stereocenters. The molecule has 0 spiro atoms. The highest BCUT2D eigenvalue weighted by atomic mass is 16.2. The molecule has 0 radical (unpaired) electrons. The maximum Gasteiger partial charge on any atom is 0.254 e. The number of hydrogen-bond donors (Lipinski definition) is 2. The van der Waals surface area contributed by atoms with Crippen molar-refractivity contribution in [1.29, 1.82) is 0 Å². The fourth-order valence-corrected chi connectivity index (χ4v) is 4.97. The minimum absolute atomic E-state index is 0.0412. The summed E-state index contributed by atoms with van der Waals surface area (Å²) in [6, 6.07) is 7.16. The second-order valence-electron chi connectivity index (χ2n) is 8.04. The van der Waals surface area contributed by atoms with Gasteiger partial charge in [-0.1, -0.05) is 18.2 Å². The number of fused-ring (bicyclic) bond motifs is 4. The number of nitrogens with zero attached hydrogens (tertiary/aromatic N) is 2. The van der Waals surface area contributed by atoms with Crippen LogP contribution in [0.4, 0.5) is 0 Å². The number of rotatable bonds is 2. The third-order valence-electron chi connectivity index (χ3n) is 6.34. The van der Waals surface area contributed by atoms with Gasteiger partial charge in [0.1, 0.15) is 5.82 Å². The maximum atomic E-state index is 13.0. The number of carbonyl (C=O) groups is 2. The van der Waals surface area contributed by atoms with E-state index in [1.165, 1.54) is 0 Å². The molecule has 7 heteroatoms. The third-order valence-corrected chi connectivity index (χ3v) is 6.34. The Balaban J connectivity index is 1.35. The molecule has 2 aliphatic heterocycles. The second kappa shape index (κ2) is 6.29. The molecule has 5 rings (SSSR count). The highest BCUT2D eigenvalue weighted by Gasteiger charge is 2.42. The molecular weight excluding hydrogens is 356 g/mol. The van der Waals surface area contributed by atoms with Gasteiger partial charge in [-0.05, 0) is 37.3 Å². The lowest BCUT2D eigenvalue weighted by atomic mass is 9.80. The number of nitrogens with one attached hydrogen (secondary N) is 2. The van der Waals surface area contributed by atoms with Crippen LogP contribution in [0.3, 0.4) is 0 Å². The zero-order valence-electron chi connectivity index (χ0n) is 15.7. The monoisotopic (exact) mass is 378 g/mol. The molecule has 7 nitrogen and oxygen atoms in total. The fourth-order valence-electron chi connectivity index (χ4n) is 4.97. The normalized spacial score (nSPS) is 25.1. The molecule has 1 saturated heterocycles. The molecule has 0 bridgehead atoms. The van der Waals surface area contributed by atoms with E-state index in [9.17, 15) is 14.4 Å². The summed E-state index contributed by atoms with van der Waals surface area (Å²) >= 11 is 0. The van der Waals surface area contributed by atoms with Crippen LogP contribution >= 0.6 is 0 Å². The number of aromatic nitrogens is 2. The van der Waals surface area contributed by atoms with Crippen LogP contribution < -0.4 is 10.9 Å². The average Bonchev–Trinajstić information content (AvgIpc) is 3.24. The van der Waals surface area contributed by atoms with Crippen molar-refractivity contribution >= 4 is 11.8 Å². The van der Waals surface area contributed by atoms with E-state index >= 15 is 0 Å². The molecule has 1 aromatic heterocycles. The lowest BCUT2D eigenvalue weighted by Crippen LogP contribution is -2.32. The van der Waals surface area contributed by atoms with Crippen LogP contribution in [0, 0.1) is 12.8 Å². The Morgan fingerprint density at radius 3 is 2.93 bits per heavy atom. The number of likely N-dealkylation sites (tertiary alicyclic amines) is 1. The van der Waals surface area contributed by atoms with E-state index in [2.05, 4.69) is 15.3 Å². The Morgan fingerprint density at radius 2 is 2.07 bits per heavy atom. The summed E-state index contributed by atoms with van der Waals surface area (Å²) in [5.41, 5.74) is 3.15. The van der Waals surface area contributed by atoms with Crippen LogP contribution in [0.1, 0.15) is 57.8 Å². The van der Waals surface area contributed by atoms with E-state index in [1.54, 1.807) is 13.0 Å². The first-order chi connectivity index (χ1) is 13.5. The highest BCUT2D eigenvalue weighted by Crippen LogP contribution is 2.40. The van der Waals surface area contributed by atoms with E-state index in [0.717, 1.165) is 23.2 Å². The molecular formula is C21H22N4O3. The van der Waals surface area contributed by atoms with Crippen LogP contribution in [0.5, 0.6) is 0 Å². The largest absolute Gasteiger partial charge is 0.345 e. The Bertz CT molecular complexity index is 1040. The fraction of sp³-hybridized carbons (Fsp3) is 0.429. The first-order valence-corrected chi connectivity index (χ1v) is 9.78. The summed E-state index contributed by atoms with van der Waals surface area (Å²) in [5, 5.41) is 2.92. The van der Waals surface area contributed by atoms with Gasteiger partial charge >= 0.3 is 0 Å². The molecule has 1 fully saturated rings. The van der Waals surface area contributed by atoms with Crippen LogP contribution in [0.15, 0.2) is 29.1 Å². The number of hydrogen-bond acceptors (Lipinski definition) is 4. The zero-order chi connectivity index (χ0) is 19.4. The molecule has 3 aliphatic rings. The molecule has 144 valence electrons. The number of H-pyrrole nitrogens is 1. The lowest BCUT2D eigenvalue weighted by molar-refractivity contribution is -0.130. The van der Waals surface area contributed by atoms with Crippen molar-refractivity contribution in [3.8, 4) is 0 Å². The lowest BCUT2D eigenvalue weighted by Gasteiger charge is -2.25. The number of carbonyl (C=O) groups excluding carboxylic acids is 2. The Morgan fingerprint density at radius 1 is 1.25 bits per heavy atom. The van der Waals surface area contributed by atoms with Crippen molar-refractivity contribution in [2.24, 2.45) is 5.92 Å². The van der Waals surface area contributed by atoms with Crippen molar-refractivity contribution < 1.29 is 9.59 Å². The van der Waals surface area contributed by atoms with Crippen molar-refractivity contribution in [1.82, 2.24) is 20.2 Å². The molecule has 1 aromatic carbocycles. The first kappa shape index (κ1) is 17.2. The van der Waals surface area contributed by atoms with Gasteiger partial charge in [0.05, 0.1) is 18.2 Å². The van der Waals surface area contributed by atoms with Crippen LogP contribution in [0.2, 0.25) is 0 Å². The highest BCUT2D eigenvalue weighted by molar-refractivity contribution is 5.99. The van der Waals surface area contributed by atoms with Crippen molar-refractivity contribution in [3.05, 3.63) is 62.8 Å². The van der Waals surface area contributed by atoms with Gasteiger partial charge in [0.25, 0.3) is 11.5 Å². The third kappa shape index (κ3) is 2.65. The first-order valence-electron chi connectivity index (χ1n) is 9.78. The van der Waals surface area contributed by atoms with E-state index in [4.69, 9.17) is 0 Å². The summed E-state index contributed by atoms with van der Waals surface area (Å²) in [4.78, 5) is 46.6. The Hall–Kier alpha value is -2.96. The van der Waals surface area contributed by atoms with Crippen LogP contribution in [-0.2, 0) is 11.2 Å². The summed E-state index contributed by atoms with van der Waals surface area (Å²) in [6.45, 7) is 3.08. The van der Waals surface area contributed by atoms with Gasteiger partial charge < -0.3 is 15.2 Å². The zero-order valence-corrected chi connectivity index (χ0v) is 15.7. The SMILES string of the molecule is Cc1nc2c(c(=O)[nH]1)CC[C@@H]1CN(C(=O)C[C@H]3NC(=O)c4ccccc43)C[C@H]21. The molecule has 2 amide bonds. The molecule has 0 saturated carbocycles. The standard InChI is InChI=1S/C21H22N4O3/c1-11-22-19-15(21(28)23-11)7-6-12-9-25(10-16(12)19)18(26)8-17-13-4-2-3-5-14(13)20(27)24-17/h2-5,12,16-17H,6-10H2,1H3,(H,24,27)(H,22,23,28)/t12-,16+,17-/m1/s1. The van der Waals surface area contributed by atoms with Crippen LogP contribution in [-0.4, -0.2) is 39.8 Å². The Kier molecular flexibility index (Phi) is 3.86. The molecule has 3 heterocycles. The number of aryl methyl sites for hydroxylation is 1. The van der Waals surface area contributed by atoms with Gasteiger partial charge in [0.15, 0.2) is 0 Å². The number of aromatic amines is 1. The topological polar surface area (TPSA) is 95.2 Å². The number of amides is 2. The summed E-state index contributed by atoms with van der Waals surface area (Å²) < 4.78 is 0. The van der Waals surface area contributed by atoms with Crippen molar-refractivity contribution in [3.63, 3.8) is 0 Å².